The summed E-state index contributed by atoms with van der Waals surface area (Å²) in [5, 5.41) is 8.51. The van der Waals surface area contributed by atoms with Gasteiger partial charge < -0.3 is 38.3 Å². The predicted octanol–water partition coefficient (Wildman–Crippen LogP) is 0.671. The molecule has 8 nitrogen and oxygen atoms in total. The van der Waals surface area contributed by atoms with Crippen LogP contribution < -0.4 is 0 Å². The van der Waals surface area contributed by atoms with Crippen molar-refractivity contribution in [2.45, 2.75) is 6.42 Å². The van der Waals surface area contributed by atoms with Crippen molar-refractivity contribution in [3.05, 3.63) is 12.7 Å². The molecule has 0 aromatic carbocycles. The Kier molecular flexibility index (Phi) is 23.9. The summed E-state index contributed by atoms with van der Waals surface area (Å²) in [4.78, 5) is 0. The zero-order valence-corrected chi connectivity index (χ0v) is 15.9. The molecule has 0 saturated heterocycles. The maximum atomic E-state index is 8.51. The van der Waals surface area contributed by atoms with Crippen LogP contribution in [0, 0.1) is 0 Å². The van der Waals surface area contributed by atoms with E-state index >= 15 is 0 Å². The van der Waals surface area contributed by atoms with Crippen LogP contribution in [0.2, 0.25) is 0 Å². The van der Waals surface area contributed by atoms with Gasteiger partial charge in [-0.15, -0.1) is 6.58 Å². The first kappa shape index (κ1) is 25.4. The molecule has 1 N–H and O–H groups in total. The second-order valence-corrected chi connectivity index (χ2v) is 5.09. The highest BCUT2D eigenvalue weighted by atomic mass is 16.6. The number of hydrogen-bond donors (Lipinski definition) is 1. The Bertz CT molecular complexity index is 266. The molecule has 0 aromatic heterocycles. The molecule has 0 radical (unpaired) electrons. The molecular weight excluding hydrogens is 344 g/mol. The third-order valence-electron chi connectivity index (χ3n) is 2.93. The van der Waals surface area contributed by atoms with Crippen LogP contribution >= 0.6 is 0 Å². The van der Waals surface area contributed by atoms with Gasteiger partial charge in [-0.2, -0.15) is 0 Å². The minimum absolute atomic E-state index is 0.0358. The Morgan fingerprint density at radius 1 is 0.462 bits per heavy atom. The highest BCUT2D eigenvalue weighted by Gasteiger charge is 1.94. The van der Waals surface area contributed by atoms with Crippen molar-refractivity contribution < 1.29 is 38.3 Å². The third kappa shape index (κ3) is 23.4. The predicted molar refractivity (Wildman–Crippen MR) is 97.6 cm³/mol. The molecule has 0 rings (SSSR count). The molecule has 0 saturated carbocycles. The fourth-order valence-electron chi connectivity index (χ4n) is 1.65. The second-order valence-electron chi connectivity index (χ2n) is 5.09. The van der Waals surface area contributed by atoms with E-state index in [0.29, 0.717) is 92.5 Å². The lowest BCUT2D eigenvalue weighted by molar-refractivity contribution is -0.0213. The van der Waals surface area contributed by atoms with Gasteiger partial charge in [0, 0.05) is 0 Å². The molecule has 0 aliphatic heterocycles. The maximum Gasteiger partial charge on any atom is 0.0701 e. The Morgan fingerprint density at radius 2 is 0.731 bits per heavy atom. The van der Waals surface area contributed by atoms with Gasteiger partial charge in [0.15, 0.2) is 0 Å². The third-order valence-corrected chi connectivity index (χ3v) is 2.93. The quantitative estimate of drug-likeness (QED) is 0.205. The van der Waals surface area contributed by atoms with Crippen molar-refractivity contribution in [2.75, 3.05) is 99.1 Å². The standard InChI is InChI=1S/C18H36O8/c1-2-3-5-20-7-9-22-11-13-24-15-17-26-18-16-25-14-12-23-10-8-21-6-4-19/h2,19H,1,3-18H2. The second kappa shape index (κ2) is 24.4. The largest absolute Gasteiger partial charge is 0.394 e. The topological polar surface area (TPSA) is 84.8 Å². The van der Waals surface area contributed by atoms with Gasteiger partial charge >= 0.3 is 0 Å². The Balaban J connectivity index is 2.96. The van der Waals surface area contributed by atoms with Gasteiger partial charge in [0.2, 0.25) is 0 Å². The van der Waals surface area contributed by atoms with E-state index in [1.165, 1.54) is 0 Å². The zero-order valence-electron chi connectivity index (χ0n) is 15.9. The van der Waals surface area contributed by atoms with Crippen LogP contribution in [0.25, 0.3) is 0 Å². The molecule has 0 aromatic rings. The lowest BCUT2D eigenvalue weighted by Crippen LogP contribution is -2.14. The summed E-state index contributed by atoms with van der Waals surface area (Å²) >= 11 is 0. The van der Waals surface area contributed by atoms with E-state index in [1.54, 1.807) is 0 Å². The van der Waals surface area contributed by atoms with Crippen molar-refractivity contribution in [1.29, 1.82) is 0 Å². The molecule has 0 unspecified atom stereocenters. The van der Waals surface area contributed by atoms with E-state index < -0.39 is 0 Å². The van der Waals surface area contributed by atoms with Crippen molar-refractivity contribution in [3.8, 4) is 0 Å². The van der Waals surface area contributed by atoms with E-state index in [1.807, 2.05) is 6.08 Å². The van der Waals surface area contributed by atoms with Gasteiger partial charge in [0.1, 0.15) is 0 Å². The van der Waals surface area contributed by atoms with Crippen LogP contribution in [-0.4, -0.2) is 104 Å². The molecule has 0 amide bonds. The fraction of sp³-hybridized carbons (Fsp3) is 0.889. The van der Waals surface area contributed by atoms with Gasteiger partial charge in [0.05, 0.1) is 99.1 Å². The summed E-state index contributed by atoms with van der Waals surface area (Å²) in [5.41, 5.74) is 0. The number of aliphatic hydroxyl groups excluding tert-OH is 1. The van der Waals surface area contributed by atoms with Crippen LogP contribution in [0.15, 0.2) is 12.7 Å². The molecular formula is C18H36O8. The first-order valence-corrected chi connectivity index (χ1v) is 9.17. The summed E-state index contributed by atoms with van der Waals surface area (Å²) in [5.74, 6) is 0. The van der Waals surface area contributed by atoms with Crippen molar-refractivity contribution in [3.63, 3.8) is 0 Å². The average molecular weight is 380 g/mol. The number of ether oxygens (including phenoxy) is 7. The minimum Gasteiger partial charge on any atom is -0.394 e. The minimum atomic E-state index is 0.0358. The highest BCUT2D eigenvalue weighted by Crippen LogP contribution is 1.86. The first-order chi connectivity index (χ1) is 12.9. The van der Waals surface area contributed by atoms with Crippen molar-refractivity contribution >= 4 is 0 Å². The number of aliphatic hydroxyl groups is 1. The van der Waals surface area contributed by atoms with E-state index in [4.69, 9.17) is 38.3 Å². The van der Waals surface area contributed by atoms with Crippen LogP contribution in [0.3, 0.4) is 0 Å². The summed E-state index contributed by atoms with van der Waals surface area (Å²) in [7, 11) is 0. The highest BCUT2D eigenvalue weighted by molar-refractivity contribution is 4.64. The molecule has 156 valence electrons. The first-order valence-electron chi connectivity index (χ1n) is 9.17. The van der Waals surface area contributed by atoms with Crippen LogP contribution in [0.4, 0.5) is 0 Å². The van der Waals surface area contributed by atoms with E-state index in [9.17, 15) is 0 Å². The summed E-state index contributed by atoms with van der Waals surface area (Å²) < 4.78 is 37.2. The smallest absolute Gasteiger partial charge is 0.0701 e. The monoisotopic (exact) mass is 380 g/mol. The Hall–Kier alpha value is -0.580. The van der Waals surface area contributed by atoms with Gasteiger partial charge in [-0.1, -0.05) is 6.08 Å². The zero-order chi connectivity index (χ0) is 19.0. The summed E-state index contributed by atoms with van der Waals surface area (Å²) in [6.07, 6.45) is 2.70. The summed E-state index contributed by atoms with van der Waals surface area (Å²) in [6.45, 7) is 11.1. The lowest BCUT2D eigenvalue weighted by atomic mass is 10.5. The molecule has 0 aliphatic rings. The molecule has 0 spiro atoms. The molecule has 0 atom stereocenters. The van der Waals surface area contributed by atoms with Crippen LogP contribution in [0.1, 0.15) is 6.42 Å². The summed E-state index contributed by atoms with van der Waals surface area (Å²) in [6, 6.07) is 0. The van der Waals surface area contributed by atoms with Crippen molar-refractivity contribution in [2.24, 2.45) is 0 Å². The van der Waals surface area contributed by atoms with Gasteiger partial charge in [-0.05, 0) is 6.42 Å². The van der Waals surface area contributed by atoms with Crippen molar-refractivity contribution in [1.82, 2.24) is 0 Å². The number of hydrogen-bond acceptors (Lipinski definition) is 8. The molecule has 0 aliphatic carbocycles. The molecule has 0 heterocycles. The maximum absolute atomic E-state index is 8.51. The van der Waals surface area contributed by atoms with Crippen LogP contribution in [-0.2, 0) is 33.2 Å². The number of rotatable bonds is 23. The molecule has 26 heavy (non-hydrogen) atoms. The van der Waals surface area contributed by atoms with Gasteiger partial charge in [-0.25, -0.2) is 0 Å². The Morgan fingerprint density at radius 3 is 1.00 bits per heavy atom. The molecule has 0 bridgehead atoms. The normalized spacial score (nSPS) is 11.1. The SMILES string of the molecule is C=CCCOCCOCCOCCOCCOCCOCCOCCO. The van der Waals surface area contributed by atoms with Crippen LogP contribution in [0.5, 0.6) is 0 Å². The Labute approximate surface area is 157 Å². The molecule has 0 fully saturated rings. The van der Waals surface area contributed by atoms with E-state index in [-0.39, 0.29) is 6.61 Å². The van der Waals surface area contributed by atoms with E-state index in [2.05, 4.69) is 6.58 Å². The average Bonchev–Trinajstić information content (AvgIpc) is 2.66. The van der Waals surface area contributed by atoms with E-state index in [0.717, 1.165) is 6.42 Å². The fourth-order valence-corrected chi connectivity index (χ4v) is 1.65. The lowest BCUT2D eigenvalue weighted by Gasteiger charge is -2.08. The van der Waals surface area contributed by atoms with Gasteiger partial charge in [-0.3, -0.25) is 0 Å². The van der Waals surface area contributed by atoms with Gasteiger partial charge in [0.25, 0.3) is 0 Å². The molecule has 8 heteroatoms.